The second-order valence-corrected chi connectivity index (χ2v) is 8.33. The number of nitrogens with one attached hydrogen (secondary N) is 1. The number of carbonyl (C=O) groups is 1. The average Bonchev–Trinajstić information content (AvgIpc) is 2.78. The van der Waals surface area contributed by atoms with Crippen LogP contribution in [0.2, 0.25) is 0 Å². The van der Waals surface area contributed by atoms with Crippen molar-refractivity contribution in [3.63, 3.8) is 0 Å². The summed E-state index contributed by atoms with van der Waals surface area (Å²) in [4.78, 5) is 27.8. The summed E-state index contributed by atoms with van der Waals surface area (Å²) >= 11 is 0. The Balaban J connectivity index is 1.57. The Bertz CT molecular complexity index is 1210. The van der Waals surface area contributed by atoms with Crippen LogP contribution in [-0.2, 0) is 4.74 Å². The standard InChI is InChI=1S/C23H25N5O4/c1-12-8-16(14(3)25-17-5-4-13(2)24-20(17)23(29)30)19-18(9-12)26-22-21(27-19)28-6-7-31-10-15(28)11-32-22/h4-5,8-9,14-15,25H,6-7,10-11H2,1-3H3,(H,29,30)/t14-,15+/m1/s1. The smallest absolute Gasteiger partial charge is 0.356 e. The molecule has 1 fully saturated rings. The molecule has 0 bridgehead atoms. The number of carboxylic acids is 1. The minimum Gasteiger partial charge on any atom is -0.476 e. The quantitative estimate of drug-likeness (QED) is 0.639. The monoisotopic (exact) mass is 435 g/mol. The van der Waals surface area contributed by atoms with Gasteiger partial charge in [-0.25, -0.2) is 19.7 Å². The van der Waals surface area contributed by atoms with E-state index in [0.29, 0.717) is 37.1 Å². The van der Waals surface area contributed by atoms with Crippen molar-refractivity contribution in [2.24, 2.45) is 0 Å². The number of aryl methyl sites for hydroxylation is 2. The number of anilines is 2. The topological polar surface area (TPSA) is 110 Å². The maximum atomic E-state index is 11.7. The van der Waals surface area contributed by atoms with E-state index in [1.165, 1.54) is 0 Å². The molecule has 2 aliphatic rings. The van der Waals surface area contributed by atoms with Gasteiger partial charge in [-0.2, -0.15) is 0 Å². The zero-order valence-corrected chi connectivity index (χ0v) is 18.3. The van der Waals surface area contributed by atoms with E-state index in [1.807, 2.05) is 19.9 Å². The van der Waals surface area contributed by atoms with Gasteiger partial charge in [-0.15, -0.1) is 0 Å². The molecule has 0 amide bonds. The number of morpholine rings is 1. The number of aromatic nitrogens is 3. The van der Waals surface area contributed by atoms with Crippen molar-refractivity contribution in [3.05, 3.63) is 46.8 Å². The summed E-state index contributed by atoms with van der Waals surface area (Å²) in [5.41, 5.74) is 4.61. The van der Waals surface area contributed by atoms with Crippen LogP contribution in [0.4, 0.5) is 11.5 Å². The number of hydrogen-bond donors (Lipinski definition) is 2. The van der Waals surface area contributed by atoms with Crippen LogP contribution in [0.15, 0.2) is 24.3 Å². The van der Waals surface area contributed by atoms with E-state index in [0.717, 1.165) is 34.5 Å². The van der Waals surface area contributed by atoms with E-state index in [2.05, 4.69) is 21.3 Å². The highest BCUT2D eigenvalue weighted by Crippen LogP contribution is 2.36. The molecule has 2 aliphatic heterocycles. The highest BCUT2D eigenvalue weighted by Gasteiger charge is 2.33. The van der Waals surface area contributed by atoms with Crippen molar-refractivity contribution >= 4 is 28.5 Å². The molecule has 32 heavy (non-hydrogen) atoms. The van der Waals surface area contributed by atoms with Gasteiger partial charge in [-0.05, 0) is 44.5 Å². The van der Waals surface area contributed by atoms with Crippen molar-refractivity contribution in [1.29, 1.82) is 0 Å². The third kappa shape index (κ3) is 3.58. The molecule has 9 nitrogen and oxygen atoms in total. The Labute approximate surface area is 185 Å². The van der Waals surface area contributed by atoms with Gasteiger partial charge in [-0.3, -0.25) is 0 Å². The normalized spacial score (nSPS) is 18.5. The second kappa shape index (κ2) is 7.90. The number of rotatable bonds is 4. The van der Waals surface area contributed by atoms with Gasteiger partial charge in [0, 0.05) is 17.8 Å². The van der Waals surface area contributed by atoms with Gasteiger partial charge in [0.25, 0.3) is 5.88 Å². The summed E-state index contributed by atoms with van der Waals surface area (Å²) in [5.74, 6) is 0.211. The van der Waals surface area contributed by atoms with Crippen LogP contribution in [0, 0.1) is 13.8 Å². The van der Waals surface area contributed by atoms with Crippen LogP contribution in [-0.4, -0.2) is 58.4 Å². The summed E-state index contributed by atoms with van der Waals surface area (Å²) < 4.78 is 11.5. The number of hydrogen-bond acceptors (Lipinski definition) is 8. The van der Waals surface area contributed by atoms with E-state index < -0.39 is 5.97 Å². The fraction of sp³-hybridized carbons (Fsp3) is 0.391. The van der Waals surface area contributed by atoms with E-state index in [4.69, 9.17) is 19.4 Å². The van der Waals surface area contributed by atoms with Crippen molar-refractivity contribution in [2.75, 3.05) is 36.6 Å². The molecule has 4 heterocycles. The molecule has 3 aromatic rings. The molecule has 1 aromatic carbocycles. The van der Waals surface area contributed by atoms with Gasteiger partial charge < -0.3 is 24.8 Å². The van der Waals surface area contributed by atoms with E-state index in [1.54, 1.807) is 19.1 Å². The minimum absolute atomic E-state index is 0.00170. The lowest BCUT2D eigenvalue weighted by Crippen LogP contribution is -2.51. The van der Waals surface area contributed by atoms with Crippen molar-refractivity contribution in [2.45, 2.75) is 32.9 Å². The summed E-state index contributed by atoms with van der Waals surface area (Å²) in [7, 11) is 0. The number of fused-ring (bicyclic) bond motifs is 4. The largest absolute Gasteiger partial charge is 0.476 e. The number of benzene rings is 1. The van der Waals surface area contributed by atoms with Gasteiger partial charge >= 0.3 is 5.97 Å². The molecule has 2 aromatic heterocycles. The van der Waals surface area contributed by atoms with Crippen molar-refractivity contribution in [3.8, 4) is 5.88 Å². The Morgan fingerprint density at radius 3 is 2.88 bits per heavy atom. The molecular weight excluding hydrogens is 410 g/mol. The van der Waals surface area contributed by atoms with Crippen molar-refractivity contribution in [1.82, 2.24) is 15.0 Å². The van der Waals surface area contributed by atoms with E-state index >= 15 is 0 Å². The third-order valence-corrected chi connectivity index (χ3v) is 5.88. The molecular formula is C23H25N5O4. The highest BCUT2D eigenvalue weighted by atomic mass is 16.5. The number of carboxylic acid groups (broad SMARTS) is 1. The van der Waals surface area contributed by atoms with Crippen LogP contribution >= 0.6 is 0 Å². The SMILES string of the molecule is Cc1cc([C@@H](C)Nc2ccc(C)nc2C(=O)O)c2nc3c(nc2c1)OC[C@@H]1COCCN31. The summed E-state index contributed by atoms with van der Waals surface area (Å²) in [6, 6.07) is 7.50. The molecule has 0 unspecified atom stereocenters. The fourth-order valence-electron chi connectivity index (χ4n) is 4.32. The zero-order valence-electron chi connectivity index (χ0n) is 18.3. The van der Waals surface area contributed by atoms with E-state index in [-0.39, 0.29) is 17.8 Å². The Morgan fingerprint density at radius 1 is 1.22 bits per heavy atom. The second-order valence-electron chi connectivity index (χ2n) is 8.33. The number of nitrogens with zero attached hydrogens (tertiary/aromatic N) is 4. The lowest BCUT2D eigenvalue weighted by molar-refractivity contribution is 0.0684. The maximum absolute atomic E-state index is 11.7. The predicted octanol–water partition coefficient (Wildman–Crippen LogP) is 3.11. The molecule has 0 spiro atoms. The molecule has 9 heteroatoms. The molecule has 0 aliphatic carbocycles. The molecule has 0 radical (unpaired) electrons. The molecule has 2 N–H and O–H groups in total. The zero-order chi connectivity index (χ0) is 22.4. The first kappa shape index (κ1) is 20.4. The summed E-state index contributed by atoms with van der Waals surface area (Å²) in [5, 5.41) is 12.9. The lowest BCUT2D eigenvalue weighted by Gasteiger charge is -2.39. The molecule has 0 saturated carbocycles. The van der Waals surface area contributed by atoms with Gasteiger partial charge in [0.1, 0.15) is 6.61 Å². The van der Waals surface area contributed by atoms with Gasteiger partial charge in [0.05, 0.1) is 42.0 Å². The minimum atomic E-state index is -1.07. The molecule has 166 valence electrons. The Kier molecular flexibility index (Phi) is 5.05. The van der Waals surface area contributed by atoms with Crippen LogP contribution in [0.5, 0.6) is 5.88 Å². The average molecular weight is 435 g/mol. The highest BCUT2D eigenvalue weighted by molar-refractivity contribution is 5.92. The third-order valence-electron chi connectivity index (χ3n) is 5.88. The first-order chi connectivity index (χ1) is 15.4. The number of ether oxygens (including phenoxy) is 2. The molecule has 1 saturated heterocycles. The van der Waals surface area contributed by atoms with Gasteiger partial charge in [0.2, 0.25) is 0 Å². The molecule has 5 rings (SSSR count). The Hall–Kier alpha value is -3.46. The predicted molar refractivity (Wildman–Crippen MR) is 120 cm³/mol. The van der Waals surface area contributed by atoms with E-state index in [9.17, 15) is 9.90 Å². The van der Waals surface area contributed by atoms with Gasteiger partial charge in [0.15, 0.2) is 11.5 Å². The number of pyridine rings is 1. The summed E-state index contributed by atoms with van der Waals surface area (Å²) in [6.07, 6.45) is 0. The van der Waals surface area contributed by atoms with Gasteiger partial charge in [-0.1, -0.05) is 6.07 Å². The van der Waals surface area contributed by atoms with Crippen LogP contribution in [0.3, 0.4) is 0 Å². The first-order valence-electron chi connectivity index (χ1n) is 10.7. The van der Waals surface area contributed by atoms with Crippen LogP contribution in [0.1, 0.15) is 40.3 Å². The summed E-state index contributed by atoms with van der Waals surface area (Å²) in [6.45, 7) is 8.28. The lowest BCUT2D eigenvalue weighted by atomic mass is 10.0. The Morgan fingerprint density at radius 2 is 2.06 bits per heavy atom. The van der Waals surface area contributed by atoms with Crippen LogP contribution < -0.4 is 15.0 Å². The van der Waals surface area contributed by atoms with Crippen molar-refractivity contribution < 1.29 is 19.4 Å². The molecule has 2 atom stereocenters. The number of aromatic carboxylic acids is 1. The van der Waals surface area contributed by atoms with Crippen LogP contribution in [0.25, 0.3) is 11.0 Å². The first-order valence-corrected chi connectivity index (χ1v) is 10.7. The maximum Gasteiger partial charge on any atom is 0.356 e. The fourth-order valence-corrected chi connectivity index (χ4v) is 4.32.